The molecule has 0 radical (unpaired) electrons. The molecule has 0 unspecified atom stereocenters. The molecular formula is C13H18N2O. The summed E-state index contributed by atoms with van der Waals surface area (Å²) in [6.07, 6.45) is 1.66. The van der Waals surface area contributed by atoms with Gasteiger partial charge in [0.2, 0.25) is 0 Å². The third kappa shape index (κ3) is 3.87. The van der Waals surface area contributed by atoms with E-state index in [1.165, 1.54) is 5.56 Å². The summed E-state index contributed by atoms with van der Waals surface area (Å²) >= 11 is 0. The van der Waals surface area contributed by atoms with Crippen LogP contribution in [-0.2, 0) is 6.54 Å². The van der Waals surface area contributed by atoms with Crippen LogP contribution in [0.2, 0.25) is 0 Å². The highest BCUT2D eigenvalue weighted by molar-refractivity contribution is 5.94. The zero-order valence-electron chi connectivity index (χ0n) is 9.86. The number of amides is 1. The summed E-state index contributed by atoms with van der Waals surface area (Å²) in [5, 5.41) is 2.74. The van der Waals surface area contributed by atoms with E-state index in [4.69, 9.17) is 0 Å². The van der Waals surface area contributed by atoms with Crippen LogP contribution in [0, 0.1) is 0 Å². The SMILES string of the molecule is C=CCNC(=O)c1ccc(CN(C)C)cc1. The molecule has 0 bridgehead atoms. The minimum absolute atomic E-state index is 0.0590. The molecule has 86 valence electrons. The highest BCUT2D eigenvalue weighted by atomic mass is 16.1. The lowest BCUT2D eigenvalue weighted by Gasteiger charge is -2.09. The molecule has 1 N–H and O–H groups in total. The van der Waals surface area contributed by atoms with E-state index in [2.05, 4.69) is 16.8 Å². The van der Waals surface area contributed by atoms with Crippen molar-refractivity contribution >= 4 is 5.91 Å². The molecular weight excluding hydrogens is 200 g/mol. The van der Waals surface area contributed by atoms with E-state index in [1.54, 1.807) is 6.08 Å². The Kier molecular flexibility index (Phi) is 4.73. The molecule has 1 aromatic rings. The highest BCUT2D eigenvalue weighted by Crippen LogP contribution is 2.05. The van der Waals surface area contributed by atoms with Crippen LogP contribution in [0.5, 0.6) is 0 Å². The second-order valence-electron chi connectivity index (χ2n) is 3.93. The van der Waals surface area contributed by atoms with Crippen molar-refractivity contribution in [2.24, 2.45) is 0 Å². The lowest BCUT2D eigenvalue weighted by Crippen LogP contribution is -2.23. The van der Waals surface area contributed by atoms with Crippen LogP contribution in [0.3, 0.4) is 0 Å². The smallest absolute Gasteiger partial charge is 0.251 e. The van der Waals surface area contributed by atoms with E-state index in [9.17, 15) is 4.79 Å². The molecule has 0 aliphatic heterocycles. The molecule has 0 spiro atoms. The van der Waals surface area contributed by atoms with Gasteiger partial charge in [-0.1, -0.05) is 18.2 Å². The molecule has 0 saturated carbocycles. The van der Waals surface area contributed by atoms with Crippen LogP contribution in [0.15, 0.2) is 36.9 Å². The molecule has 0 aromatic heterocycles. The van der Waals surface area contributed by atoms with Gasteiger partial charge in [-0.3, -0.25) is 4.79 Å². The molecule has 0 fully saturated rings. The van der Waals surface area contributed by atoms with Gasteiger partial charge in [-0.15, -0.1) is 6.58 Å². The highest BCUT2D eigenvalue weighted by Gasteiger charge is 2.03. The van der Waals surface area contributed by atoms with E-state index in [-0.39, 0.29) is 5.91 Å². The summed E-state index contributed by atoms with van der Waals surface area (Å²) < 4.78 is 0. The Bertz CT molecular complexity index is 355. The lowest BCUT2D eigenvalue weighted by atomic mass is 10.1. The minimum Gasteiger partial charge on any atom is -0.349 e. The first-order chi connectivity index (χ1) is 7.63. The maximum Gasteiger partial charge on any atom is 0.251 e. The molecule has 0 aliphatic rings. The van der Waals surface area contributed by atoms with Crippen molar-refractivity contribution in [3.8, 4) is 0 Å². The number of benzene rings is 1. The summed E-state index contributed by atoms with van der Waals surface area (Å²) in [4.78, 5) is 13.7. The van der Waals surface area contributed by atoms with Gasteiger partial charge in [0.25, 0.3) is 5.91 Å². The van der Waals surface area contributed by atoms with E-state index >= 15 is 0 Å². The predicted molar refractivity (Wildman–Crippen MR) is 66.4 cm³/mol. The van der Waals surface area contributed by atoms with Crippen molar-refractivity contribution in [1.82, 2.24) is 10.2 Å². The van der Waals surface area contributed by atoms with Gasteiger partial charge in [0.1, 0.15) is 0 Å². The summed E-state index contributed by atoms with van der Waals surface area (Å²) in [5.41, 5.74) is 1.88. The second-order valence-corrected chi connectivity index (χ2v) is 3.93. The molecule has 1 rings (SSSR count). The van der Waals surface area contributed by atoms with Gasteiger partial charge >= 0.3 is 0 Å². The minimum atomic E-state index is -0.0590. The zero-order valence-corrected chi connectivity index (χ0v) is 9.86. The van der Waals surface area contributed by atoms with E-state index < -0.39 is 0 Å². The lowest BCUT2D eigenvalue weighted by molar-refractivity contribution is 0.0958. The Morgan fingerprint density at radius 1 is 1.38 bits per heavy atom. The van der Waals surface area contributed by atoms with Crippen LogP contribution in [-0.4, -0.2) is 31.4 Å². The van der Waals surface area contributed by atoms with E-state index in [0.717, 1.165) is 6.54 Å². The topological polar surface area (TPSA) is 32.3 Å². The number of nitrogens with zero attached hydrogens (tertiary/aromatic N) is 1. The van der Waals surface area contributed by atoms with Crippen LogP contribution in [0.1, 0.15) is 15.9 Å². The number of hydrogen-bond donors (Lipinski definition) is 1. The summed E-state index contributed by atoms with van der Waals surface area (Å²) in [5.74, 6) is -0.0590. The number of hydrogen-bond acceptors (Lipinski definition) is 2. The number of carbonyl (C=O) groups is 1. The fraction of sp³-hybridized carbons (Fsp3) is 0.308. The monoisotopic (exact) mass is 218 g/mol. The van der Waals surface area contributed by atoms with Gasteiger partial charge in [0.05, 0.1) is 0 Å². The number of carbonyl (C=O) groups excluding carboxylic acids is 1. The average Bonchev–Trinajstić information content (AvgIpc) is 2.26. The van der Waals surface area contributed by atoms with Crippen molar-refractivity contribution in [3.05, 3.63) is 48.0 Å². The Morgan fingerprint density at radius 3 is 2.50 bits per heavy atom. The van der Waals surface area contributed by atoms with Crippen LogP contribution >= 0.6 is 0 Å². The molecule has 3 nitrogen and oxygen atoms in total. The first-order valence-corrected chi connectivity index (χ1v) is 5.26. The standard InChI is InChI=1S/C13H18N2O/c1-4-9-14-13(16)12-7-5-11(6-8-12)10-15(2)3/h4-8H,1,9-10H2,2-3H3,(H,14,16). The van der Waals surface area contributed by atoms with Gasteiger partial charge < -0.3 is 10.2 Å². The van der Waals surface area contributed by atoms with Crippen molar-refractivity contribution < 1.29 is 4.79 Å². The average molecular weight is 218 g/mol. The second kappa shape index (κ2) is 6.08. The normalized spacial score (nSPS) is 10.2. The van der Waals surface area contributed by atoms with Gasteiger partial charge in [-0.25, -0.2) is 0 Å². The van der Waals surface area contributed by atoms with Crippen molar-refractivity contribution in [3.63, 3.8) is 0 Å². The molecule has 0 heterocycles. The maximum atomic E-state index is 11.6. The molecule has 0 aliphatic carbocycles. The van der Waals surface area contributed by atoms with Gasteiger partial charge in [-0.2, -0.15) is 0 Å². The summed E-state index contributed by atoms with van der Waals surface area (Å²) in [6.45, 7) is 4.93. The molecule has 1 amide bonds. The molecule has 16 heavy (non-hydrogen) atoms. The van der Waals surface area contributed by atoms with Crippen LogP contribution < -0.4 is 5.32 Å². The number of rotatable bonds is 5. The van der Waals surface area contributed by atoms with Gasteiger partial charge in [0, 0.05) is 18.7 Å². The largest absolute Gasteiger partial charge is 0.349 e. The maximum absolute atomic E-state index is 11.6. The van der Waals surface area contributed by atoms with Crippen molar-refractivity contribution in [2.75, 3.05) is 20.6 Å². The summed E-state index contributed by atoms with van der Waals surface area (Å²) in [6, 6.07) is 7.64. The van der Waals surface area contributed by atoms with Crippen LogP contribution in [0.4, 0.5) is 0 Å². The Morgan fingerprint density at radius 2 is 2.00 bits per heavy atom. The molecule has 3 heteroatoms. The first kappa shape index (κ1) is 12.5. The quantitative estimate of drug-likeness (QED) is 0.762. The van der Waals surface area contributed by atoms with Gasteiger partial charge in [0.15, 0.2) is 0 Å². The van der Waals surface area contributed by atoms with Crippen LogP contribution in [0.25, 0.3) is 0 Å². The third-order valence-corrected chi connectivity index (χ3v) is 2.12. The predicted octanol–water partition coefficient (Wildman–Crippen LogP) is 1.66. The summed E-state index contributed by atoms with van der Waals surface area (Å²) in [7, 11) is 4.04. The van der Waals surface area contributed by atoms with Crippen molar-refractivity contribution in [2.45, 2.75) is 6.54 Å². The fourth-order valence-electron chi connectivity index (χ4n) is 1.39. The zero-order chi connectivity index (χ0) is 12.0. The Labute approximate surface area is 96.8 Å². The Balaban J connectivity index is 2.63. The molecule has 0 atom stereocenters. The Hall–Kier alpha value is -1.61. The molecule has 1 aromatic carbocycles. The van der Waals surface area contributed by atoms with E-state index in [1.807, 2.05) is 38.4 Å². The van der Waals surface area contributed by atoms with E-state index in [0.29, 0.717) is 12.1 Å². The van der Waals surface area contributed by atoms with Crippen molar-refractivity contribution in [1.29, 1.82) is 0 Å². The molecule has 0 saturated heterocycles. The third-order valence-electron chi connectivity index (χ3n) is 2.12. The first-order valence-electron chi connectivity index (χ1n) is 5.26. The fourth-order valence-corrected chi connectivity index (χ4v) is 1.39. The number of nitrogens with one attached hydrogen (secondary N) is 1. The van der Waals surface area contributed by atoms with Gasteiger partial charge in [-0.05, 0) is 31.8 Å².